The number of benzene rings is 1. The van der Waals surface area contributed by atoms with Gasteiger partial charge in [0.2, 0.25) is 0 Å². The Kier molecular flexibility index (Phi) is 4.85. The fourth-order valence-electron chi connectivity index (χ4n) is 3.67. The highest BCUT2D eigenvalue weighted by atomic mass is 32.1. The topological polar surface area (TPSA) is 64.8 Å². The normalized spacial score (nSPS) is 16.0. The van der Waals surface area contributed by atoms with Crippen LogP contribution in [0.2, 0.25) is 0 Å². The minimum absolute atomic E-state index is 0.00223. The van der Waals surface area contributed by atoms with Crippen LogP contribution >= 0.6 is 11.3 Å². The molecule has 3 aromatic rings. The van der Waals surface area contributed by atoms with Crippen molar-refractivity contribution in [2.45, 2.75) is 26.3 Å². The number of methoxy groups -OCH3 is 2. The van der Waals surface area contributed by atoms with E-state index in [0.717, 1.165) is 33.0 Å². The van der Waals surface area contributed by atoms with E-state index < -0.39 is 0 Å². The third kappa shape index (κ3) is 3.16. The lowest BCUT2D eigenvalue weighted by Crippen LogP contribution is -2.40. The van der Waals surface area contributed by atoms with E-state index >= 15 is 0 Å². The van der Waals surface area contributed by atoms with Gasteiger partial charge in [0.15, 0.2) is 17.3 Å². The summed E-state index contributed by atoms with van der Waals surface area (Å²) < 4.78 is 16.6. The standard InChI is InChI=1S/C21H22N2O4S/c1-12-9-18(27-22-12)20-15-11-17(26-4)16(25-3)10-14(15)7-8-23(20)21(24)19-6-5-13(2)28-19/h5-6,9-11,20H,7-8H2,1-4H3/t20-/m1/s1. The van der Waals surface area contributed by atoms with Gasteiger partial charge >= 0.3 is 0 Å². The highest BCUT2D eigenvalue weighted by Crippen LogP contribution is 2.42. The molecule has 1 atom stereocenters. The molecule has 0 saturated carbocycles. The number of carbonyl (C=O) groups is 1. The van der Waals surface area contributed by atoms with Crippen LogP contribution in [0.25, 0.3) is 0 Å². The number of amides is 1. The van der Waals surface area contributed by atoms with E-state index in [1.165, 1.54) is 11.3 Å². The van der Waals surface area contributed by atoms with Crippen molar-refractivity contribution in [1.82, 2.24) is 10.1 Å². The first kappa shape index (κ1) is 18.6. The van der Waals surface area contributed by atoms with E-state index in [1.807, 2.05) is 49.1 Å². The number of thiophene rings is 1. The summed E-state index contributed by atoms with van der Waals surface area (Å²) in [6.45, 7) is 4.46. The van der Waals surface area contributed by atoms with Crippen molar-refractivity contribution >= 4 is 17.2 Å². The molecule has 4 rings (SSSR count). The fraction of sp³-hybridized carbons (Fsp3) is 0.333. The van der Waals surface area contributed by atoms with Gasteiger partial charge in [-0.05, 0) is 55.7 Å². The van der Waals surface area contributed by atoms with E-state index in [2.05, 4.69) is 5.16 Å². The highest BCUT2D eigenvalue weighted by Gasteiger charge is 2.36. The summed E-state index contributed by atoms with van der Waals surface area (Å²) in [7, 11) is 3.23. The number of aryl methyl sites for hydroxylation is 2. The molecule has 0 saturated heterocycles. The average Bonchev–Trinajstić information content (AvgIpc) is 3.33. The molecule has 1 aliphatic heterocycles. The Hall–Kier alpha value is -2.80. The SMILES string of the molecule is COc1cc2c(cc1OC)[C@H](c1cc(C)no1)N(C(=O)c1ccc(C)s1)CC2. The predicted molar refractivity (Wildman–Crippen MR) is 106 cm³/mol. The van der Waals surface area contributed by atoms with Gasteiger partial charge in [0.25, 0.3) is 5.91 Å². The smallest absolute Gasteiger partial charge is 0.264 e. The van der Waals surface area contributed by atoms with Gasteiger partial charge in [0.1, 0.15) is 6.04 Å². The molecule has 0 N–H and O–H groups in total. The lowest BCUT2D eigenvalue weighted by atomic mass is 9.90. The molecule has 146 valence electrons. The predicted octanol–water partition coefficient (Wildman–Crippen LogP) is 4.16. The van der Waals surface area contributed by atoms with Crippen LogP contribution in [0.1, 0.15) is 43.2 Å². The largest absolute Gasteiger partial charge is 0.493 e. The van der Waals surface area contributed by atoms with Gasteiger partial charge in [0.05, 0.1) is 24.8 Å². The molecular formula is C21H22N2O4S. The van der Waals surface area contributed by atoms with Crippen molar-refractivity contribution in [3.05, 3.63) is 62.7 Å². The van der Waals surface area contributed by atoms with E-state index in [-0.39, 0.29) is 11.9 Å². The third-order valence-corrected chi connectivity index (χ3v) is 5.99. The molecule has 0 unspecified atom stereocenters. The monoisotopic (exact) mass is 398 g/mol. The lowest BCUT2D eigenvalue weighted by Gasteiger charge is -2.36. The molecule has 6 nitrogen and oxygen atoms in total. The molecule has 1 aliphatic rings. The molecule has 0 radical (unpaired) electrons. The first-order chi connectivity index (χ1) is 13.5. The molecule has 1 aromatic carbocycles. The van der Waals surface area contributed by atoms with E-state index in [4.69, 9.17) is 14.0 Å². The summed E-state index contributed by atoms with van der Waals surface area (Å²) in [4.78, 5) is 17.0. The number of fused-ring (bicyclic) bond motifs is 1. The summed E-state index contributed by atoms with van der Waals surface area (Å²) in [6.07, 6.45) is 0.732. The fourth-order valence-corrected chi connectivity index (χ4v) is 4.50. The molecule has 0 aliphatic carbocycles. The minimum Gasteiger partial charge on any atom is -0.493 e. The third-order valence-electron chi connectivity index (χ3n) is 5.00. The quantitative estimate of drug-likeness (QED) is 0.660. The average molecular weight is 398 g/mol. The summed E-state index contributed by atoms with van der Waals surface area (Å²) in [6, 6.07) is 9.31. The van der Waals surface area contributed by atoms with Crippen LogP contribution in [0.5, 0.6) is 11.5 Å². The van der Waals surface area contributed by atoms with Gasteiger partial charge in [-0.25, -0.2) is 0 Å². The second-order valence-corrected chi connectivity index (χ2v) is 8.13. The van der Waals surface area contributed by atoms with Gasteiger partial charge in [-0.1, -0.05) is 5.16 Å². The minimum atomic E-state index is -0.361. The number of nitrogens with zero attached hydrogens (tertiary/aromatic N) is 2. The number of hydrogen-bond acceptors (Lipinski definition) is 6. The Labute approximate surface area is 167 Å². The maximum Gasteiger partial charge on any atom is 0.264 e. The van der Waals surface area contributed by atoms with Crippen LogP contribution in [-0.2, 0) is 6.42 Å². The Morgan fingerprint density at radius 1 is 1.18 bits per heavy atom. The maximum absolute atomic E-state index is 13.3. The zero-order chi connectivity index (χ0) is 19.8. The van der Waals surface area contributed by atoms with Gasteiger partial charge < -0.3 is 18.9 Å². The van der Waals surface area contributed by atoms with Crippen LogP contribution in [0, 0.1) is 13.8 Å². The van der Waals surface area contributed by atoms with Crippen LogP contribution in [0.3, 0.4) is 0 Å². The van der Waals surface area contributed by atoms with Gasteiger partial charge in [0, 0.05) is 17.5 Å². The Balaban J connectivity index is 1.84. The zero-order valence-electron chi connectivity index (χ0n) is 16.3. The maximum atomic E-state index is 13.3. The van der Waals surface area contributed by atoms with Crippen molar-refractivity contribution in [3.63, 3.8) is 0 Å². The summed E-state index contributed by atoms with van der Waals surface area (Å²) in [5.74, 6) is 1.95. The molecule has 7 heteroatoms. The Morgan fingerprint density at radius 2 is 1.93 bits per heavy atom. The molecule has 3 heterocycles. The molecule has 0 bridgehead atoms. The molecule has 0 spiro atoms. The number of rotatable bonds is 4. The zero-order valence-corrected chi connectivity index (χ0v) is 17.1. The van der Waals surface area contributed by atoms with E-state index in [0.29, 0.717) is 23.8 Å². The summed E-state index contributed by atoms with van der Waals surface area (Å²) in [5, 5.41) is 4.05. The second kappa shape index (κ2) is 7.31. The summed E-state index contributed by atoms with van der Waals surface area (Å²) >= 11 is 1.50. The number of hydrogen-bond donors (Lipinski definition) is 0. The molecule has 1 amide bonds. The van der Waals surface area contributed by atoms with E-state index in [9.17, 15) is 4.79 Å². The molecule has 28 heavy (non-hydrogen) atoms. The van der Waals surface area contributed by atoms with Gasteiger partial charge in [-0.2, -0.15) is 0 Å². The van der Waals surface area contributed by atoms with Crippen molar-refractivity contribution < 1.29 is 18.8 Å². The Morgan fingerprint density at radius 3 is 2.54 bits per heavy atom. The van der Waals surface area contributed by atoms with Crippen molar-refractivity contribution in [3.8, 4) is 11.5 Å². The van der Waals surface area contributed by atoms with Crippen LogP contribution in [0.4, 0.5) is 0 Å². The highest BCUT2D eigenvalue weighted by molar-refractivity contribution is 7.13. The second-order valence-electron chi connectivity index (χ2n) is 6.84. The first-order valence-corrected chi connectivity index (χ1v) is 9.89. The van der Waals surface area contributed by atoms with Crippen molar-refractivity contribution in [2.75, 3.05) is 20.8 Å². The van der Waals surface area contributed by atoms with Gasteiger partial charge in [-0.15, -0.1) is 11.3 Å². The van der Waals surface area contributed by atoms with Crippen molar-refractivity contribution in [2.24, 2.45) is 0 Å². The van der Waals surface area contributed by atoms with Crippen LogP contribution < -0.4 is 9.47 Å². The van der Waals surface area contributed by atoms with E-state index in [1.54, 1.807) is 14.2 Å². The van der Waals surface area contributed by atoms with Gasteiger partial charge in [-0.3, -0.25) is 4.79 Å². The first-order valence-electron chi connectivity index (χ1n) is 9.07. The Bertz CT molecular complexity index is 1020. The number of carbonyl (C=O) groups excluding carboxylic acids is 1. The lowest BCUT2D eigenvalue weighted by molar-refractivity contribution is 0.0674. The number of ether oxygens (including phenoxy) is 2. The molecular weight excluding hydrogens is 376 g/mol. The molecule has 0 fully saturated rings. The molecule has 2 aromatic heterocycles. The van der Waals surface area contributed by atoms with Crippen LogP contribution in [0.15, 0.2) is 34.9 Å². The number of aromatic nitrogens is 1. The van der Waals surface area contributed by atoms with Crippen molar-refractivity contribution in [1.29, 1.82) is 0 Å². The summed E-state index contributed by atoms with van der Waals surface area (Å²) in [5.41, 5.74) is 2.87. The van der Waals surface area contributed by atoms with Crippen LogP contribution in [-0.4, -0.2) is 36.7 Å².